The number of amides is 1. The molecule has 0 aliphatic rings. The van der Waals surface area contributed by atoms with Gasteiger partial charge in [0.25, 0.3) is 0 Å². The van der Waals surface area contributed by atoms with Crippen molar-refractivity contribution in [2.24, 2.45) is 0 Å². The van der Waals surface area contributed by atoms with Crippen LogP contribution in [0.2, 0.25) is 0 Å². The van der Waals surface area contributed by atoms with Crippen LogP contribution in [0.5, 0.6) is 5.75 Å². The highest BCUT2D eigenvalue weighted by Crippen LogP contribution is 2.17. The average Bonchev–Trinajstić information content (AvgIpc) is 3.07. The van der Waals surface area contributed by atoms with E-state index in [0.717, 1.165) is 22.9 Å². The molecule has 0 spiro atoms. The molecule has 0 aliphatic heterocycles. The van der Waals surface area contributed by atoms with Gasteiger partial charge in [-0.25, -0.2) is 4.98 Å². The van der Waals surface area contributed by atoms with Crippen molar-refractivity contribution in [1.29, 1.82) is 0 Å². The zero-order valence-electron chi connectivity index (χ0n) is 15.2. The normalized spacial score (nSPS) is 10.7. The highest BCUT2D eigenvalue weighted by molar-refractivity contribution is 7.09. The second-order valence-corrected chi connectivity index (χ2v) is 6.79. The van der Waals surface area contributed by atoms with Crippen LogP contribution < -0.4 is 4.74 Å². The van der Waals surface area contributed by atoms with Crippen LogP contribution >= 0.6 is 11.3 Å². The molecule has 1 aromatic heterocycles. The lowest BCUT2D eigenvalue weighted by Crippen LogP contribution is -2.31. The summed E-state index contributed by atoms with van der Waals surface area (Å²) in [5.41, 5.74) is 2.12. The predicted octanol–water partition coefficient (Wildman–Crippen LogP) is 3.81. The van der Waals surface area contributed by atoms with Gasteiger partial charge in [-0.15, -0.1) is 11.3 Å². The van der Waals surface area contributed by atoms with Crippen LogP contribution in [0.4, 0.5) is 0 Å². The van der Waals surface area contributed by atoms with E-state index in [1.165, 1.54) is 5.56 Å². The Morgan fingerprint density at radius 2 is 2.04 bits per heavy atom. The van der Waals surface area contributed by atoms with Gasteiger partial charge in [0, 0.05) is 32.1 Å². The molecule has 0 fully saturated rings. The summed E-state index contributed by atoms with van der Waals surface area (Å²) in [4.78, 5) is 18.5. The van der Waals surface area contributed by atoms with E-state index in [1.54, 1.807) is 18.4 Å². The van der Waals surface area contributed by atoms with Crippen molar-refractivity contribution < 1.29 is 14.3 Å². The molecule has 0 atom stereocenters. The number of ether oxygens (including phenoxy) is 2. The zero-order chi connectivity index (χ0) is 18.1. The molecule has 0 aliphatic carbocycles. The van der Waals surface area contributed by atoms with E-state index in [2.05, 4.69) is 4.98 Å². The highest BCUT2D eigenvalue weighted by Gasteiger charge is 2.14. The molecule has 1 amide bonds. The van der Waals surface area contributed by atoms with E-state index in [-0.39, 0.29) is 5.91 Å². The standard InChI is InChI=1S/C19H26N2O3S/c1-4-19(22)21(10-5-11-23-3)12-16-14-25-18(20-16)13-24-17-8-6-15(2)7-9-17/h6-9,14H,4-5,10-13H2,1-3H3. The molecule has 0 saturated heterocycles. The lowest BCUT2D eigenvalue weighted by Gasteiger charge is -2.21. The fourth-order valence-electron chi connectivity index (χ4n) is 2.38. The van der Waals surface area contributed by atoms with Crippen molar-refractivity contribution >= 4 is 17.2 Å². The molecule has 6 heteroatoms. The molecule has 5 nitrogen and oxygen atoms in total. The number of aromatic nitrogens is 1. The number of carbonyl (C=O) groups excluding carboxylic acids is 1. The monoisotopic (exact) mass is 362 g/mol. The molecule has 2 aromatic rings. The first kappa shape index (κ1) is 19.4. The molecule has 0 radical (unpaired) electrons. The van der Waals surface area contributed by atoms with Crippen LogP contribution in [-0.4, -0.2) is 36.1 Å². The third-order valence-corrected chi connectivity index (χ3v) is 4.64. The third-order valence-electron chi connectivity index (χ3n) is 3.77. The van der Waals surface area contributed by atoms with E-state index in [4.69, 9.17) is 9.47 Å². The number of thiazole rings is 1. The van der Waals surface area contributed by atoms with Crippen LogP contribution in [0.3, 0.4) is 0 Å². The number of aryl methyl sites for hydroxylation is 1. The van der Waals surface area contributed by atoms with Crippen LogP contribution in [0, 0.1) is 6.92 Å². The highest BCUT2D eigenvalue weighted by atomic mass is 32.1. The Balaban J connectivity index is 1.89. The fraction of sp³-hybridized carbons (Fsp3) is 0.474. The number of methoxy groups -OCH3 is 1. The molecule has 25 heavy (non-hydrogen) atoms. The average molecular weight is 362 g/mol. The molecule has 2 rings (SSSR count). The first-order valence-corrected chi connectivity index (χ1v) is 9.39. The van der Waals surface area contributed by atoms with E-state index < -0.39 is 0 Å². The molecule has 1 aromatic carbocycles. The van der Waals surface area contributed by atoms with Gasteiger partial charge in [0.2, 0.25) is 5.91 Å². The summed E-state index contributed by atoms with van der Waals surface area (Å²) >= 11 is 1.56. The summed E-state index contributed by atoms with van der Waals surface area (Å²) in [5.74, 6) is 0.978. The van der Waals surface area contributed by atoms with Crippen molar-refractivity contribution in [1.82, 2.24) is 9.88 Å². The van der Waals surface area contributed by atoms with Gasteiger partial charge in [-0.2, -0.15) is 0 Å². The Hall–Kier alpha value is -1.92. The first-order chi connectivity index (χ1) is 12.1. The second kappa shape index (κ2) is 10.2. The first-order valence-electron chi connectivity index (χ1n) is 8.51. The third kappa shape index (κ3) is 6.48. The predicted molar refractivity (Wildman–Crippen MR) is 99.8 cm³/mol. The van der Waals surface area contributed by atoms with Gasteiger partial charge in [0.1, 0.15) is 17.4 Å². The number of hydrogen-bond donors (Lipinski definition) is 0. The maximum absolute atomic E-state index is 12.1. The maximum atomic E-state index is 12.1. The molecular weight excluding hydrogens is 336 g/mol. The van der Waals surface area contributed by atoms with E-state index in [0.29, 0.717) is 32.7 Å². The minimum absolute atomic E-state index is 0.140. The van der Waals surface area contributed by atoms with E-state index in [1.807, 2.05) is 48.4 Å². The molecular formula is C19H26N2O3S. The second-order valence-electron chi connectivity index (χ2n) is 5.85. The Morgan fingerprint density at radius 1 is 1.28 bits per heavy atom. The van der Waals surface area contributed by atoms with E-state index >= 15 is 0 Å². The van der Waals surface area contributed by atoms with Gasteiger partial charge in [0.05, 0.1) is 12.2 Å². The van der Waals surface area contributed by atoms with Crippen molar-refractivity contribution in [3.63, 3.8) is 0 Å². The van der Waals surface area contributed by atoms with Crippen LogP contribution in [-0.2, 0) is 22.7 Å². The summed E-state index contributed by atoms with van der Waals surface area (Å²) in [7, 11) is 1.67. The molecule has 0 N–H and O–H groups in total. The van der Waals surface area contributed by atoms with Gasteiger partial charge >= 0.3 is 0 Å². The smallest absolute Gasteiger partial charge is 0.222 e. The minimum Gasteiger partial charge on any atom is -0.486 e. The summed E-state index contributed by atoms with van der Waals surface area (Å²) < 4.78 is 10.8. The van der Waals surface area contributed by atoms with Gasteiger partial charge in [-0.05, 0) is 25.5 Å². The van der Waals surface area contributed by atoms with Gasteiger partial charge in [-0.1, -0.05) is 24.6 Å². The Labute approximate surface area is 153 Å². The van der Waals surface area contributed by atoms with Crippen LogP contribution in [0.15, 0.2) is 29.6 Å². The van der Waals surface area contributed by atoms with Gasteiger partial charge in [-0.3, -0.25) is 4.79 Å². The quantitative estimate of drug-likeness (QED) is 0.603. The van der Waals surface area contributed by atoms with Crippen LogP contribution in [0.1, 0.15) is 36.0 Å². The fourth-order valence-corrected chi connectivity index (χ4v) is 3.07. The van der Waals surface area contributed by atoms with Crippen molar-refractivity contribution in [2.45, 2.75) is 39.8 Å². The summed E-state index contributed by atoms with van der Waals surface area (Å²) in [6, 6.07) is 7.97. The van der Waals surface area contributed by atoms with E-state index in [9.17, 15) is 4.79 Å². The summed E-state index contributed by atoms with van der Waals surface area (Å²) in [6.07, 6.45) is 1.33. The molecule has 0 bridgehead atoms. The van der Waals surface area contributed by atoms with Crippen LogP contribution in [0.25, 0.3) is 0 Å². The topological polar surface area (TPSA) is 51.7 Å². The van der Waals surface area contributed by atoms with Crippen molar-refractivity contribution in [2.75, 3.05) is 20.3 Å². The zero-order valence-corrected chi connectivity index (χ0v) is 16.0. The number of nitrogens with zero attached hydrogens (tertiary/aromatic N) is 2. The summed E-state index contributed by atoms with van der Waals surface area (Å²) in [6.45, 7) is 6.25. The Kier molecular flexibility index (Phi) is 7.88. The minimum atomic E-state index is 0.140. The lowest BCUT2D eigenvalue weighted by atomic mass is 10.2. The van der Waals surface area contributed by atoms with Gasteiger partial charge in [0.15, 0.2) is 0 Å². The lowest BCUT2D eigenvalue weighted by molar-refractivity contribution is -0.131. The molecule has 0 unspecified atom stereocenters. The largest absolute Gasteiger partial charge is 0.486 e. The SMILES string of the molecule is CCC(=O)N(CCCOC)Cc1csc(COc2ccc(C)cc2)n1. The van der Waals surface area contributed by atoms with Crippen molar-refractivity contribution in [3.05, 3.63) is 45.9 Å². The van der Waals surface area contributed by atoms with Gasteiger partial charge < -0.3 is 14.4 Å². The van der Waals surface area contributed by atoms with Crippen molar-refractivity contribution in [3.8, 4) is 5.75 Å². The number of rotatable bonds is 10. The maximum Gasteiger partial charge on any atom is 0.222 e. The molecule has 0 saturated carbocycles. The number of hydrogen-bond acceptors (Lipinski definition) is 5. The Morgan fingerprint density at radius 3 is 2.72 bits per heavy atom. The Bertz CT molecular complexity index is 655. The number of carbonyl (C=O) groups is 1. The summed E-state index contributed by atoms with van der Waals surface area (Å²) in [5, 5.41) is 2.91. The molecule has 1 heterocycles. The number of benzene rings is 1. The molecule has 136 valence electrons.